The Labute approximate surface area is 178 Å². The second kappa shape index (κ2) is 8.83. The molecule has 2 aromatic rings. The minimum Gasteiger partial charge on any atom is -0.373 e. The zero-order valence-corrected chi connectivity index (χ0v) is 17.1. The van der Waals surface area contributed by atoms with E-state index in [1.54, 1.807) is 36.4 Å². The Bertz CT molecular complexity index is 957. The molecule has 1 amide bonds. The first kappa shape index (κ1) is 21.0. The van der Waals surface area contributed by atoms with Gasteiger partial charge in [0.1, 0.15) is 18.0 Å². The molecule has 2 aromatic carbocycles. The molecule has 4 rings (SSSR count). The summed E-state index contributed by atoms with van der Waals surface area (Å²) in [7, 11) is 0. The second-order valence-corrected chi connectivity index (χ2v) is 8.52. The lowest BCUT2D eigenvalue weighted by molar-refractivity contribution is -0.0653. The highest BCUT2D eigenvalue weighted by Gasteiger charge is 2.49. The number of amides is 1. The molecule has 0 saturated carbocycles. The summed E-state index contributed by atoms with van der Waals surface area (Å²) >= 11 is 1.39. The lowest BCUT2D eigenvalue weighted by Gasteiger charge is -2.46. The van der Waals surface area contributed by atoms with Crippen molar-refractivity contribution in [2.24, 2.45) is 16.6 Å². The van der Waals surface area contributed by atoms with Gasteiger partial charge in [0.2, 0.25) is 0 Å². The molecule has 30 heavy (non-hydrogen) atoms. The highest BCUT2D eigenvalue weighted by Crippen LogP contribution is 2.47. The Morgan fingerprint density at radius 2 is 2.10 bits per heavy atom. The number of nitrogens with zero attached hydrogens (tertiary/aromatic N) is 1. The monoisotopic (exact) mass is 431 g/mol. The van der Waals surface area contributed by atoms with Crippen LogP contribution in [-0.4, -0.2) is 36.2 Å². The predicted octanol–water partition coefficient (Wildman–Crippen LogP) is 3.39. The summed E-state index contributed by atoms with van der Waals surface area (Å²) in [6, 6.07) is 13.5. The van der Waals surface area contributed by atoms with Crippen LogP contribution in [0.3, 0.4) is 0 Å². The van der Waals surface area contributed by atoms with Gasteiger partial charge in [-0.1, -0.05) is 36.0 Å². The maximum Gasteiger partial charge on any atom is 0.257 e. The maximum atomic E-state index is 15.0. The van der Waals surface area contributed by atoms with Crippen molar-refractivity contribution >= 4 is 22.8 Å². The molecule has 5 nitrogen and oxygen atoms in total. The Balaban J connectivity index is 1.72. The number of aliphatic imine (C=N–C) groups is 1. The van der Waals surface area contributed by atoms with E-state index in [0.29, 0.717) is 28.5 Å². The molecule has 0 radical (unpaired) electrons. The molecule has 8 heteroatoms. The van der Waals surface area contributed by atoms with Crippen molar-refractivity contribution in [2.45, 2.75) is 24.6 Å². The van der Waals surface area contributed by atoms with Gasteiger partial charge in [-0.15, -0.1) is 0 Å². The van der Waals surface area contributed by atoms with Crippen LogP contribution < -0.4 is 11.1 Å². The Morgan fingerprint density at radius 1 is 1.30 bits per heavy atom. The van der Waals surface area contributed by atoms with Gasteiger partial charge in [0.15, 0.2) is 5.17 Å². The van der Waals surface area contributed by atoms with E-state index in [1.165, 1.54) is 17.8 Å². The molecular weight excluding hydrogens is 408 g/mol. The van der Waals surface area contributed by atoms with E-state index in [1.807, 2.05) is 6.07 Å². The SMILES string of the molecule is NCc1ccc(F)c(C23COC(CF)CC2CSC(NC(=O)c2ccccc2)=N3)c1. The van der Waals surface area contributed by atoms with E-state index in [0.717, 1.165) is 5.56 Å². The largest absolute Gasteiger partial charge is 0.373 e. The molecule has 0 bridgehead atoms. The normalized spacial score (nSPS) is 25.9. The van der Waals surface area contributed by atoms with Gasteiger partial charge in [0.25, 0.3) is 5.91 Å². The predicted molar refractivity (Wildman–Crippen MR) is 114 cm³/mol. The number of hydrogen-bond acceptors (Lipinski definition) is 5. The van der Waals surface area contributed by atoms with E-state index in [4.69, 9.17) is 15.5 Å². The summed E-state index contributed by atoms with van der Waals surface area (Å²) in [6.45, 7) is -0.287. The first-order valence-corrected chi connectivity index (χ1v) is 10.8. The fourth-order valence-corrected chi connectivity index (χ4v) is 5.15. The van der Waals surface area contributed by atoms with Crippen LogP contribution in [0.4, 0.5) is 8.78 Å². The zero-order chi connectivity index (χ0) is 21.1. The summed E-state index contributed by atoms with van der Waals surface area (Å²) in [4.78, 5) is 17.4. The average molecular weight is 432 g/mol. The van der Waals surface area contributed by atoms with E-state index in [-0.39, 0.29) is 25.0 Å². The minimum atomic E-state index is -1.04. The molecule has 0 spiro atoms. The van der Waals surface area contributed by atoms with Gasteiger partial charge in [-0.2, -0.15) is 0 Å². The van der Waals surface area contributed by atoms with Crippen LogP contribution in [0.25, 0.3) is 0 Å². The number of hydrogen-bond donors (Lipinski definition) is 2. The number of ether oxygens (including phenoxy) is 1. The van der Waals surface area contributed by atoms with Crippen LogP contribution >= 0.6 is 11.8 Å². The van der Waals surface area contributed by atoms with Crippen LogP contribution in [0.1, 0.15) is 27.9 Å². The van der Waals surface area contributed by atoms with Crippen LogP contribution in [0.2, 0.25) is 0 Å². The van der Waals surface area contributed by atoms with E-state index >= 15 is 0 Å². The average Bonchev–Trinajstić information content (AvgIpc) is 2.79. The maximum absolute atomic E-state index is 15.0. The minimum absolute atomic E-state index is 0.0441. The lowest BCUT2D eigenvalue weighted by Crippen LogP contribution is -2.51. The fourth-order valence-electron chi connectivity index (χ4n) is 3.98. The fraction of sp³-hybridized carbons (Fsp3) is 0.364. The smallest absolute Gasteiger partial charge is 0.257 e. The number of nitrogens with two attached hydrogens (primary N) is 1. The second-order valence-electron chi connectivity index (χ2n) is 7.51. The third kappa shape index (κ3) is 3.99. The van der Waals surface area contributed by atoms with E-state index < -0.39 is 24.1 Å². The van der Waals surface area contributed by atoms with Crippen molar-refractivity contribution in [3.05, 3.63) is 71.0 Å². The van der Waals surface area contributed by atoms with Crippen LogP contribution in [0.15, 0.2) is 53.5 Å². The van der Waals surface area contributed by atoms with Gasteiger partial charge in [-0.05, 0) is 36.2 Å². The van der Waals surface area contributed by atoms with Crippen molar-refractivity contribution < 1.29 is 18.3 Å². The first-order chi connectivity index (χ1) is 14.6. The zero-order valence-electron chi connectivity index (χ0n) is 16.3. The highest BCUT2D eigenvalue weighted by molar-refractivity contribution is 8.13. The first-order valence-electron chi connectivity index (χ1n) is 9.81. The van der Waals surface area contributed by atoms with Crippen LogP contribution in [0, 0.1) is 11.7 Å². The lowest BCUT2D eigenvalue weighted by atomic mass is 9.74. The molecule has 2 aliphatic rings. The molecule has 1 saturated heterocycles. The number of nitrogens with one attached hydrogen (secondary N) is 1. The molecule has 3 N–H and O–H groups in total. The third-order valence-corrected chi connectivity index (χ3v) is 6.68. The number of alkyl halides is 1. The molecule has 3 unspecified atom stereocenters. The van der Waals surface area contributed by atoms with Crippen molar-refractivity contribution in [3.63, 3.8) is 0 Å². The third-order valence-electron chi connectivity index (χ3n) is 5.65. The van der Waals surface area contributed by atoms with Gasteiger partial charge in [0, 0.05) is 29.3 Å². The molecule has 0 aromatic heterocycles. The van der Waals surface area contributed by atoms with Gasteiger partial charge in [0.05, 0.1) is 12.7 Å². The van der Waals surface area contributed by atoms with Gasteiger partial charge >= 0.3 is 0 Å². The van der Waals surface area contributed by atoms with Gasteiger partial charge < -0.3 is 15.8 Å². The molecule has 1 fully saturated rings. The number of thioether (sulfide) groups is 1. The number of amidine groups is 1. The summed E-state index contributed by atoms with van der Waals surface area (Å²) in [5.74, 6) is -0.258. The van der Waals surface area contributed by atoms with Crippen molar-refractivity contribution in [2.75, 3.05) is 19.0 Å². The molecule has 3 atom stereocenters. The van der Waals surface area contributed by atoms with Crippen molar-refractivity contribution in [1.82, 2.24) is 5.32 Å². The van der Waals surface area contributed by atoms with Gasteiger partial charge in [-0.25, -0.2) is 13.8 Å². The number of rotatable bonds is 4. The number of fused-ring (bicyclic) bond motifs is 1. The molecule has 2 heterocycles. The Morgan fingerprint density at radius 3 is 2.83 bits per heavy atom. The summed E-state index contributed by atoms with van der Waals surface area (Å²) in [6.07, 6.45) is -0.0979. The quantitative estimate of drug-likeness (QED) is 0.778. The molecule has 0 aliphatic carbocycles. The molecular formula is C22H23F2N3O2S. The Hall–Kier alpha value is -2.29. The molecule has 2 aliphatic heterocycles. The van der Waals surface area contributed by atoms with E-state index in [9.17, 15) is 13.6 Å². The van der Waals surface area contributed by atoms with Crippen molar-refractivity contribution in [1.29, 1.82) is 0 Å². The standard InChI is InChI=1S/C22H23F2N3O2S/c23-10-17-9-16-12-30-21(26-20(28)15-4-2-1-3-5-15)27-22(16,13-29-17)18-8-14(11-25)6-7-19(18)24/h1-8,16-17H,9-13,25H2,(H,26,27,28). The van der Waals surface area contributed by atoms with E-state index in [2.05, 4.69) is 5.32 Å². The summed E-state index contributed by atoms with van der Waals surface area (Å²) in [5, 5.41) is 3.24. The van der Waals surface area contributed by atoms with Gasteiger partial charge in [-0.3, -0.25) is 4.79 Å². The Kier molecular flexibility index (Phi) is 6.17. The van der Waals surface area contributed by atoms with Crippen LogP contribution in [0.5, 0.6) is 0 Å². The summed E-state index contributed by atoms with van der Waals surface area (Å²) < 4.78 is 34.0. The summed E-state index contributed by atoms with van der Waals surface area (Å²) in [5.41, 5.74) is 6.38. The topological polar surface area (TPSA) is 76.7 Å². The highest BCUT2D eigenvalue weighted by atomic mass is 32.2. The van der Waals surface area contributed by atoms with Crippen LogP contribution in [-0.2, 0) is 16.8 Å². The van der Waals surface area contributed by atoms with Crippen molar-refractivity contribution in [3.8, 4) is 0 Å². The number of benzene rings is 2. The number of halogens is 2. The number of carbonyl (C=O) groups excluding carboxylic acids is 1. The number of carbonyl (C=O) groups is 1. The molecule has 158 valence electrons.